The van der Waals surface area contributed by atoms with Gasteiger partial charge in [0.05, 0.1) is 22.0 Å². The van der Waals surface area contributed by atoms with Crippen molar-refractivity contribution in [3.8, 4) is 0 Å². The monoisotopic (exact) mass is 264 g/mol. The summed E-state index contributed by atoms with van der Waals surface area (Å²) in [5.41, 5.74) is -4.52. The number of Topliss-reactive ketones (excluding diaryl/α,β-unsaturated/α-hetero) is 1. The summed E-state index contributed by atoms with van der Waals surface area (Å²) in [4.78, 5) is 24.8. The lowest BCUT2D eigenvalue weighted by Gasteiger charge is -2.33. The number of ketones is 1. The third kappa shape index (κ3) is 4.34. The summed E-state index contributed by atoms with van der Waals surface area (Å²) < 4.78 is 168. The Balaban J connectivity index is 4.08. The van der Waals surface area contributed by atoms with E-state index < -0.39 is 81.8 Å². The zero-order chi connectivity index (χ0) is 31.1. The maximum atomic E-state index is 13.1. The number of nitrogens with zero attached hydrogens (tertiary/aromatic N) is 1. The highest BCUT2D eigenvalue weighted by atomic mass is 16.6. The molecule has 1 fully saturated rings. The second-order valence-electron chi connectivity index (χ2n) is 2.64. The van der Waals surface area contributed by atoms with E-state index in [1.165, 1.54) is 0 Å². The Bertz CT molecular complexity index is 921. The van der Waals surface area contributed by atoms with Gasteiger partial charge in [-0.15, -0.1) is 0 Å². The lowest BCUT2D eigenvalue weighted by molar-refractivity contribution is -0.127. The highest BCUT2D eigenvalue weighted by Gasteiger charge is 2.31. The maximum Gasteiger partial charge on any atom is 0.410 e. The summed E-state index contributed by atoms with van der Waals surface area (Å²) in [6.45, 7) is -26.1. The van der Waals surface area contributed by atoms with Gasteiger partial charge >= 0.3 is 6.09 Å². The molecule has 0 spiro atoms. The molecule has 5 heteroatoms. The Kier molecular flexibility index (Phi) is 0.837. The predicted molar refractivity (Wildman–Crippen MR) is 62.8 cm³/mol. The third-order valence-electron chi connectivity index (χ3n) is 1.31. The van der Waals surface area contributed by atoms with E-state index in [-0.39, 0.29) is 0 Å². The molecule has 1 saturated heterocycles. The van der Waals surface area contributed by atoms with Crippen LogP contribution in [0, 0.1) is 5.89 Å². The summed E-state index contributed by atoms with van der Waals surface area (Å²) in [6.07, 6.45) is -7.20. The molecule has 1 amide bonds. The molecule has 0 saturated carbocycles. The van der Waals surface area contributed by atoms with Crippen molar-refractivity contribution in [2.24, 2.45) is 5.89 Å². The van der Waals surface area contributed by atoms with Crippen LogP contribution in [0.5, 0.6) is 0 Å². The van der Waals surface area contributed by atoms with Gasteiger partial charge in [-0.1, -0.05) is 0 Å². The van der Waals surface area contributed by atoms with Gasteiger partial charge in [-0.2, -0.15) is 0 Å². The van der Waals surface area contributed by atoms with Gasteiger partial charge < -0.3 is 14.4 Å². The molecule has 0 aromatic heterocycles. The Labute approximate surface area is 132 Å². The lowest BCUT2D eigenvalue weighted by Crippen LogP contribution is -2.47. The topological polar surface area (TPSA) is 55.8 Å². The van der Waals surface area contributed by atoms with Crippen molar-refractivity contribution >= 4 is 11.9 Å². The molecule has 1 atom stereocenters. The number of amides is 1. The van der Waals surface area contributed by atoms with Crippen molar-refractivity contribution in [1.29, 1.82) is 0 Å². The van der Waals surface area contributed by atoms with E-state index in [1.807, 2.05) is 0 Å². The van der Waals surface area contributed by atoms with Crippen molar-refractivity contribution in [1.82, 2.24) is 4.90 Å². The fourth-order valence-corrected chi connectivity index (χ4v) is 0.748. The van der Waals surface area contributed by atoms with E-state index in [4.69, 9.17) is 28.8 Å². The number of piperidine rings is 1. The first kappa shape index (κ1) is 2.59. The predicted octanol–water partition coefficient (Wildman–Crippen LogP) is 1.46. The van der Waals surface area contributed by atoms with E-state index in [2.05, 4.69) is 9.47 Å². The Hall–Kier alpha value is -1.10. The molecule has 1 rings (SSSR count). The number of rotatable bonds is 2. The van der Waals surface area contributed by atoms with Crippen LogP contribution in [-0.2, 0) is 14.3 Å². The van der Waals surface area contributed by atoms with Crippen LogP contribution >= 0.6 is 0 Å². The van der Waals surface area contributed by atoms with Crippen LogP contribution in [0.3, 0.4) is 0 Å². The van der Waals surface area contributed by atoms with Gasteiger partial charge in [0.25, 0.3) is 0 Å². The SMILES string of the molecule is [2H]C([2H])([2H])OC([2H])([2H])C1([2H])C(=O)C([2H])([2H])C([2H])([2H])N(C(=O)OC(C([2H])([2H])[2H])(C([2H])([2H])[2H])C([2H])([2H])[2H])C1([2H])[2H]. The maximum absolute atomic E-state index is 13.1. The normalized spacial score (nSPS) is 56.8. The fourth-order valence-electron chi connectivity index (χ4n) is 0.748. The van der Waals surface area contributed by atoms with E-state index in [0.29, 0.717) is 0 Å². The first-order valence-electron chi connectivity index (χ1n) is 14.4. The second-order valence-corrected chi connectivity index (χ2v) is 2.64. The first-order valence-corrected chi connectivity index (χ1v) is 3.90. The first-order chi connectivity index (χ1) is 16.1. The molecule has 1 aliphatic rings. The van der Waals surface area contributed by atoms with Crippen LogP contribution in [0.4, 0.5) is 4.79 Å². The molecule has 0 N–H and O–H groups in total. The lowest BCUT2D eigenvalue weighted by atomic mass is 9.98. The Morgan fingerprint density at radius 2 is 2.53 bits per heavy atom. The molecule has 0 aliphatic carbocycles. The van der Waals surface area contributed by atoms with E-state index in [9.17, 15) is 9.59 Å². The van der Waals surface area contributed by atoms with Gasteiger partial charge in [0.2, 0.25) is 0 Å². The van der Waals surface area contributed by atoms with E-state index >= 15 is 0 Å². The zero-order valence-corrected chi connectivity index (χ0v) is 8.08. The molecule has 0 aromatic rings. The van der Waals surface area contributed by atoms with Gasteiger partial charge in [0.15, 0.2) is 0 Å². The zero-order valence-electron chi connectivity index (χ0n) is 29.1. The van der Waals surface area contributed by atoms with Crippen molar-refractivity contribution in [2.75, 3.05) is 26.6 Å². The van der Waals surface area contributed by atoms with Gasteiger partial charge in [-0.3, -0.25) is 4.79 Å². The molecule has 1 unspecified atom stereocenters. The molecule has 0 radical (unpaired) electrons. The van der Waals surface area contributed by atoms with Crippen molar-refractivity contribution in [3.05, 3.63) is 0 Å². The highest BCUT2D eigenvalue weighted by molar-refractivity contribution is 5.84. The number of likely N-dealkylation sites (tertiary alicyclic amines) is 1. The van der Waals surface area contributed by atoms with Crippen LogP contribution < -0.4 is 0 Å². The fraction of sp³-hybridized carbons (Fsp3) is 0.833. The van der Waals surface area contributed by atoms with Crippen LogP contribution in [0.25, 0.3) is 0 Å². The van der Waals surface area contributed by atoms with Crippen LogP contribution in [0.2, 0.25) is 0 Å². The Morgan fingerprint density at radius 1 is 1.76 bits per heavy atom. The van der Waals surface area contributed by atoms with Gasteiger partial charge in [-0.25, -0.2) is 4.79 Å². The molecular formula is C12H21NO4. The summed E-state index contributed by atoms with van der Waals surface area (Å²) in [6, 6.07) is 0. The van der Waals surface area contributed by atoms with Gasteiger partial charge in [0, 0.05) is 45.6 Å². The summed E-state index contributed by atoms with van der Waals surface area (Å²) in [5, 5.41) is 0. The van der Waals surface area contributed by atoms with E-state index in [0.717, 1.165) is 0 Å². The average molecular weight is 264 g/mol. The van der Waals surface area contributed by atoms with Crippen LogP contribution in [0.15, 0.2) is 0 Å². The summed E-state index contributed by atoms with van der Waals surface area (Å²) in [7, 11) is -3.83. The summed E-state index contributed by atoms with van der Waals surface area (Å²) in [5.74, 6) is -7.14. The number of methoxy groups -OCH3 is 1. The van der Waals surface area contributed by atoms with Gasteiger partial charge in [-0.05, 0) is 20.6 Å². The highest BCUT2D eigenvalue weighted by Crippen LogP contribution is 2.17. The minimum Gasteiger partial charge on any atom is -0.444 e. The number of hydrogen-bond acceptors (Lipinski definition) is 4. The quantitative estimate of drug-likeness (QED) is 0.757. The third-order valence-corrected chi connectivity index (χ3v) is 1.31. The van der Waals surface area contributed by atoms with Crippen molar-refractivity contribution in [3.63, 3.8) is 0 Å². The molecule has 0 bridgehead atoms. The second kappa shape index (κ2) is 5.49. The largest absolute Gasteiger partial charge is 0.444 e. The van der Waals surface area contributed by atoms with Crippen LogP contribution in [0.1, 0.15) is 55.7 Å². The Morgan fingerprint density at radius 3 is 3.18 bits per heavy atom. The van der Waals surface area contributed by atoms with Gasteiger partial charge in [0.1, 0.15) is 11.4 Å². The summed E-state index contributed by atoms with van der Waals surface area (Å²) >= 11 is 0. The average Bonchev–Trinajstić information content (AvgIpc) is 2.57. The number of carbonyl (C=O) groups excluding carboxylic acids is 2. The number of ether oxygens (including phenoxy) is 2. The molecule has 5 nitrogen and oxygen atoms in total. The minimum absolute atomic E-state index is 1.20. The molecule has 0 aromatic carbocycles. The number of carbonyl (C=O) groups is 2. The minimum atomic E-state index is -4.56. The molecule has 17 heavy (non-hydrogen) atoms. The smallest absolute Gasteiger partial charge is 0.410 e. The van der Waals surface area contributed by atoms with Crippen molar-refractivity contribution < 1.29 is 47.8 Å². The number of hydrogen-bond donors (Lipinski definition) is 0. The molecular weight excluding hydrogens is 222 g/mol. The van der Waals surface area contributed by atoms with Crippen LogP contribution in [-0.4, -0.2) is 49.0 Å². The molecule has 1 heterocycles. The molecule has 98 valence electrons. The standard InChI is InChI=1S/C12H21NO4/c1-12(2,3)17-11(15)13-6-5-10(14)9(7-13)8-16-4/h9H,5-8H2,1-4H3/i1D3,2D3,3D3,4D3,5D2,6D2,7D2,8D2,9D. The van der Waals surface area contributed by atoms with E-state index in [1.54, 1.807) is 0 Å². The van der Waals surface area contributed by atoms with Crippen molar-refractivity contribution in [2.45, 2.75) is 32.5 Å². The molecule has 1 aliphatic heterocycles.